The number of hydrogen-bond donors (Lipinski definition) is 1. The van der Waals surface area contributed by atoms with E-state index >= 15 is 0 Å². The van der Waals surface area contributed by atoms with Crippen molar-refractivity contribution in [3.8, 4) is 11.4 Å². The number of hydrogen-bond acceptors (Lipinski definition) is 4. The Balaban J connectivity index is 1.77. The summed E-state index contributed by atoms with van der Waals surface area (Å²) in [6, 6.07) is 8.14. The smallest absolute Gasteiger partial charge is 0.410 e. The van der Waals surface area contributed by atoms with Crippen molar-refractivity contribution in [2.24, 2.45) is 0 Å². The van der Waals surface area contributed by atoms with Crippen LogP contribution in [-0.2, 0) is 11.2 Å². The first-order valence-electron chi connectivity index (χ1n) is 8.88. The molecule has 2 heterocycles. The molecule has 6 nitrogen and oxygen atoms in total. The van der Waals surface area contributed by atoms with E-state index in [1.54, 1.807) is 4.90 Å². The SMILES string of the molecule is CCc1ccc(-c2n[nH]c(C3CCCN3C(=O)OC(C)(C)C)n2)cc1. The second kappa shape index (κ2) is 6.86. The number of amides is 1. The molecule has 0 radical (unpaired) electrons. The number of aryl methyl sites for hydroxylation is 1. The molecule has 0 saturated carbocycles. The molecule has 1 fully saturated rings. The number of aromatic amines is 1. The third kappa shape index (κ3) is 4.00. The number of aromatic nitrogens is 3. The van der Waals surface area contributed by atoms with E-state index in [-0.39, 0.29) is 12.1 Å². The van der Waals surface area contributed by atoms with Crippen LogP contribution in [0.15, 0.2) is 24.3 Å². The standard InChI is InChI=1S/C19H26N4O2/c1-5-13-8-10-14(11-9-13)16-20-17(22-21-16)15-7-6-12-23(15)18(24)25-19(2,3)4/h8-11,15H,5-7,12H2,1-4H3,(H,20,21,22). The maximum absolute atomic E-state index is 12.4. The molecule has 1 unspecified atom stereocenters. The van der Waals surface area contributed by atoms with Gasteiger partial charge in [0.1, 0.15) is 11.4 Å². The highest BCUT2D eigenvalue weighted by atomic mass is 16.6. The Morgan fingerprint density at radius 3 is 2.68 bits per heavy atom. The van der Waals surface area contributed by atoms with Crippen LogP contribution < -0.4 is 0 Å². The Bertz CT molecular complexity index is 731. The summed E-state index contributed by atoms with van der Waals surface area (Å²) in [5.74, 6) is 1.38. The number of rotatable bonds is 3. The van der Waals surface area contributed by atoms with E-state index in [1.165, 1.54) is 5.56 Å². The van der Waals surface area contributed by atoms with E-state index in [0.29, 0.717) is 12.4 Å². The van der Waals surface area contributed by atoms with Gasteiger partial charge in [0.05, 0.1) is 6.04 Å². The van der Waals surface area contributed by atoms with E-state index in [9.17, 15) is 4.79 Å². The highest BCUT2D eigenvalue weighted by molar-refractivity contribution is 5.69. The maximum atomic E-state index is 12.4. The first kappa shape index (κ1) is 17.5. The third-order valence-electron chi connectivity index (χ3n) is 4.32. The zero-order chi connectivity index (χ0) is 18.0. The Labute approximate surface area is 148 Å². The molecule has 0 spiro atoms. The fourth-order valence-corrected chi connectivity index (χ4v) is 3.03. The van der Waals surface area contributed by atoms with Gasteiger partial charge in [0.15, 0.2) is 5.82 Å². The normalized spacial score (nSPS) is 17.8. The van der Waals surface area contributed by atoms with Crippen molar-refractivity contribution in [3.05, 3.63) is 35.7 Å². The van der Waals surface area contributed by atoms with Gasteiger partial charge < -0.3 is 4.74 Å². The highest BCUT2D eigenvalue weighted by Crippen LogP contribution is 2.32. The third-order valence-corrected chi connectivity index (χ3v) is 4.32. The number of nitrogens with zero attached hydrogens (tertiary/aromatic N) is 3. The Hall–Kier alpha value is -2.37. The molecule has 1 aromatic heterocycles. The molecule has 0 aliphatic carbocycles. The van der Waals surface area contributed by atoms with Crippen molar-refractivity contribution >= 4 is 6.09 Å². The van der Waals surface area contributed by atoms with E-state index in [0.717, 1.165) is 30.7 Å². The monoisotopic (exact) mass is 342 g/mol. The number of nitrogens with one attached hydrogen (secondary N) is 1. The van der Waals surface area contributed by atoms with Gasteiger partial charge in [-0.2, -0.15) is 5.10 Å². The van der Waals surface area contributed by atoms with E-state index in [4.69, 9.17) is 4.74 Å². The molecule has 1 saturated heterocycles. The van der Waals surface area contributed by atoms with Gasteiger partial charge in [0.25, 0.3) is 0 Å². The summed E-state index contributed by atoms with van der Waals surface area (Å²) in [6.07, 6.45) is 2.51. The second-order valence-corrected chi connectivity index (χ2v) is 7.43. The summed E-state index contributed by atoms with van der Waals surface area (Å²) >= 11 is 0. The lowest BCUT2D eigenvalue weighted by atomic mass is 10.1. The fourth-order valence-electron chi connectivity index (χ4n) is 3.03. The van der Waals surface area contributed by atoms with Gasteiger partial charge in [0, 0.05) is 12.1 Å². The summed E-state index contributed by atoms with van der Waals surface area (Å²) in [5, 5.41) is 7.35. The molecule has 0 bridgehead atoms. The lowest BCUT2D eigenvalue weighted by molar-refractivity contribution is 0.0218. The molecule has 1 aliphatic rings. The van der Waals surface area contributed by atoms with Crippen LogP contribution in [-0.4, -0.2) is 38.3 Å². The molecule has 1 N–H and O–H groups in total. The number of likely N-dealkylation sites (tertiary alicyclic amines) is 1. The second-order valence-electron chi connectivity index (χ2n) is 7.43. The molecule has 1 aromatic carbocycles. The van der Waals surface area contributed by atoms with Gasteiger partial charge in [-0.15, -0.1) is 0 Å². The van der Waals surface area contributed by atoms with Crippen LogP contribution in [0.2, 0.25) is 0 Å². The molecule has 134 valence electrons. The first-order valence-corrected chi connectivity index (χ1v) is 8.88. The van der Waals surface area contributed by atoms with Gasteiger partial charge in [-0.05, 0) is 45.6 Å². The summed E-state index contributed by atoms with van der Waals surface area (Å²) in [5.41, 5.74) is 1.76. The highest BCUT2D eigenvalue weighted by Gasteiger charge is 2.35. The van der Waals surface area contributed by atoms with Crippen LogP contribution in [0.3, 0.4) is 0 Å². The van der Waals surface area contributed by atoms with Crippen LogP contribution in [0.4, 0.5) is 4.79 Å². The van der Waals surface area contributed by atoms with Crippen molar-refractivity contribution in [1.82, 2.24) is 20.1 Å². The Morgan fingerprint density at radius 1 is 1.32 bits per heavy atom. The largest absolute Gasteiger partial charge is 0.444 e. The molecular formula is C19H26N4O2. The minimum absolute atomic E-state index is 0.106. The minimum atomic E-state index is -0.502. The quantitative estimate of drug-likeness (QED) is 0.911. The van der Waals surface area contributed by atoms with Crippen molar-refractivity contribution in [2.75, 3.05) is 6.54 Å². The lowest BCUT2D eigenvalue weighted by Gasteiger charge is -2.27. The van der Waals surface area contributed by atoms with Crippen LogP contribution in [0.5, 0.6) is 0 Å². The number of benzene rings is 1. The van der Waals surface area contributed by atoms with E-state index in [1.807, 2.05) is 32.9 Å². The van der Waals surface area contributed by atoms with Crippen molar-refractivity contribution in [1.29, 1.82) is 0 Å². The van der Waals surface area contributed by atoms with E-state index in [2.05, 4.69) is 34.2 Å². The maximum Gasteiger partial charge on any atom is 0.410 e. The fraction of sp³-hybridized carbons (Fsp3) is 0.526. The number of H-pyrrole nitrogens is 1. The van der Waals surface area contributed by atoms with Crippen LogP contribution in [0.25, 0.3) is 11.4 Å². The van der Waals surface area contributed by atoms with Crippen molar-refractivity contribution in [3.63, 3.8) is 0 Å². The average molecular weight is 342 g/mol. The summed E-state index contributed by atoms with van der Waals surface area (Å²) in [6.45, 7) is 8.44. The summed E-state index contributed by atoms with van der Waals surface area (Å²) in [7, 11) is 0. The molecule has 1 aliphatic heterocycles. The number of carbonyl (C=O) groups is 1. The molecule has 1 atom stereocenters. The van der Waals surface area contributed by atoms with Crippen LogP contribution >= 0.6 is 0 Å². The van der Waals surface area contributed by atoms with Crippen LogP contribution in [0, 0.1) is 0 Å². The predicted octanol–water partition coefficient (Wildman–Crippen LogP) is 4.11. The molecule has 6 heteroatoms. The van der Waals surface area contributed by atoms with Crippen molar-refractivity contribution in [2.45, 2.75) is 58.6 Å². The molecule has 1 amide bonds. The Morgan fingerprint density at radius 2 is 2.04 bits per heavy atom. The zero-order valence-electron chi connectivity index (χ0n) is 15.4. The van der Waals surface area contributed by atoms with Gasteiger partial charge >= 0.3 is 6.09 Å². The lowest BCUT2D eigenvalue weighted by Crippen LogP contribution is -2.36. The van der Waals surface area contributed by atoms with Crippen LogP contribution in [0.1, 0.15) is 58.0 Å². The van der Waals surface area contributed by atoms with Gasteiger partial charge in [0.2, 0.25) is 0 Å². The summed E-state index contributed by atoms with van der Waals surface area (Å²) in [4.78, 5) is 18.8. The van der Waals surface area contributed by atoms with Gasteiger partial charge in [-0.3, -0.25) is 10.00 Å². The van der Waals surface area contributed by atoms with Gasteiger partial charge in [-0.25, -0.2) is 9.78 Å². The molecule has 3 rings (SSSR count). The molecule has 25 heavy (non-hydrogen) atoms. The molecular weight excluding hydrogens is 316 g/mol. The first-order chi connectivity index (χ1) is 11.9. The predicted molar refractivity (Wildman–Crippen MR) is 96.1 cm³/mol. The van der Waals surface area contributed by atoms with E-state index < -0.39 is 5.60 Å². The average Bonchev–Trinajstić information content (AvgIpc) is 3.22. The topological polar surface area (TPSA) is 71.1 Å². The zero-order valence-corrected chi connectivity index (χ0v) is 15.4. The van der Waals surface area contributed by atoms with Crippen molar-refractivity contribution < 1.29 is 9.53 Å². The molecule has 2 aromatic rings. The Kier molecular flexibility index (Phi) is 4.79. The summed E-state index contributed by atoms with van der Waals surface area (Å²) < 4.78 is 5.52. The number of ether oxygens (including phenoxy) is 1. The number of carbonyl (C=O) groups excluding carboxylic acids is 1. The van der Waals surface area contributed by atoms with Gasteiger partial charge in [-0.1, -0.05) is 31.2 Å². The minimum Gasteiger partial charge on any atom is -0.444 e.